The molecule has 3 heteroatoms. The van der Waals surface area contributed by atoms with E-state index in [9.17, 15) is 0 Å². The van der Waals surface area contributed by atoms with Gasteiger partial charge in [0, 0.05) is 19.1 Å². The minimum atomic E-state index is 0.769. The molecule has 0 aromatic carbocycles. The van der Waals surface area contributed by atoms with Gasteiger partial charge in [-0.2, -0.15) is 11.8 Å². The standard InChI is InChI=1S/C9H20N2S/c1-12-6-4-2-3-5-11-9-7-10-8-9/h9-11H,2-8H2,1H3. The van der Waals surface area contributed by atoms with Crippen LogP contribution in [0.2, 0.25) is 0 Å². The molecule has 0 aromatic heterocycles. The van der Waals surface area contributed by atoms with Crippen LogP contribution in [0.1, 0.15) is 19.3 Å². The Morgan fingerprint density at radius 3 is 2.75 bits per heavy atom. The molecule has 0 radical (unpaired) electrons. The van der Waals surface area contributed by atoms with E-state index in [1.807, 2.05) is 11.8 Å². The van der Waals surface area contributed by atoms with Gasteiger partial charge in [0.25, 0.3) is 0 Å². The summed E-state index contributed by atoms with van der Waals surface area (Å²) in [6, 6.07) is 0.769. The monoisotopic (exact) mass is 188 g/mol. The molecule has 2 nitrogen and oxygen atoms in total. The SMILES string of the molecule is CSCCCCCNC1CNC1. The third kappa shape index (κ3) is 4.33. The van der Waals surface area contributed by atoms with Gasteiger partial charge in [0.1, 0.15) is 0 Å². The van der Waals surface area contributed by atoms with Gasteiger partial charge < -0.3 is 10.6 Å². The van der Waals surface area contributed by atoms with E-state index in [-0.39, 0.29) is 0 Å². The van der Waals surface area contributed by atoms with E-state index >= 15 is 0 Å². The summed E-state index contributed by atoms with van der Waals surface area (Å²) in [6.45, 7) is 3.55. The largest absolute Gasteiger partial charge is 0.314 e. The van der Waals surface area contributed by atoms with E-state index in [4.69, 9.17) is 0 Å². The Morgan fingerprint density at radius 1 is 1.33 bits per heavy atom. The van der Waals surface area contributed by atoms with E-state index in [0.717, 1.165) is 6.04 Å². The summed E-state index contributed by atoms with van der Waals surface area (Å²) >= 11 is 1.95. The highest BCUT2D eigenvalue weighted by atomic mass is 32.2. The Bertz CT molecular complexity index is 105. The minimum Gasteiger partial charge on any atom is -0.314 e. The fraction of sp³-hybridized carbons (Fsp3) is 1.00. The minimum absolute atomic E-state index is 0.769. The van der Waals surface area contributed by atoms with Crippen molar-refractivity contribution in [2.24, 2.45) is 0 Å². The highest BCUT2D eigenvalue weighted by Gasteiger charge is 2.14. The summed E-state index contributed by atoms with van der Waals surface area (Å²) in [4.78, 5) is 0. The molecule has 0 aliphatic carbocycles. The van der Waals surface area contributed by atoms with Gasteiger partial charge in [-0.3, -0.25) is 0 Å². The van der Waals surface area contributed by atoms with Crippen LogP contribution in [0, 0.1) is 0 Å². The Labute approximate surface area is 79.9 Å². The van der Waals surface area contributed by atoms with Crippen LogP contribution in [0.25, 0.3) is 0 Å². The zero-order chi connectivity index (χ0) is 8.65. The van der Waals surface area contributed by atoms with Gasteiger partial charge in [-0.05, 0) is 31.4 Å². The summed E-state index contributed by atoms with van der Waals surface area (Å²) in [6.07, 6.45) is 6.29. The van der Waals surface area contributed by atoms with E-state index in [1.165, 1.54) is 44.6 Å². The normalized spacial score (nSPS) is 17.8. The quantitative estimate of drug-likeness (QED) is 0.585. The Kier molecular flexibility index (Phi) is 5.82. The lowest BCUT2D eigenvalue weighted by Crippen LogP contribution is -2.55. The Hall–Kier alpha value is 0.270. The van der Waals surface area contributed by atoms with E-state index < -0.39 is 0 Å². The van der Waals surface area contributed by atoms with Crippen molar-refractivity contribution in [1.82, 2.24) is 10.6 Å². The maximum Gasteiger partial charge on any atom is 0.0317 e. The molecule has 0 unspecified atom stereocenters. The zero-order valence-corrected chi connectivity index (χ0v) is 8.75. The van der Waals surface area contributed by atoms with Crippen LogP contribution in [0.5, 0.6) is 0 Å². The van der Waals surface area contributed by atoms with Crippen molar-refractivity contribution >= 4 is 11.8 Å². The predicted octanol–water partition coefficient (Wildman–Crippen LogP) is 1.08. The van der Waals surface area contributed by atoms with Crippen molar-refractivity contribution in [1.29, 1.82) is 0 Å². The summed E-state index contributed by atoms with van der Waals surface area (Å²) in [5.41, 5.74) is 0. The first-order chi connectivity index (χ1) is 5.93. The maximum absolute atomic E-state index is 3.53. The first-order valence-electron chi connectivity index (χ1n) is 4.86. The summed E-state index contributed by atoms with van der Waals surface area (Å²) in [5, 5.41) is 6.78. The van der Waals surface area contributed by atoms with Crippen molar-refractivity contribution in [3.05, 3.63) is 0 Å². The molecule has 1 aliphatic rings. The molecule has 12 heavy (non-hydrogen) atoms. The molecule has 1 saturated heterocycles. The van der Waals surface area contributed by atoms with Crippen LogP contribution >= 0.6 is 11.8 Å². The second-order valence-electron chi connectivity index (χ2n) is 3.36. The molecule has 0 atom stereocenters. The first kappa shape index (κ1) is 10.4. The van der Waals surface area contributed by atoms with Crippen molar-refractivity contribution in [3.63, 3.8) is 0 Å². The van der Waals surface area contributed by atoms with Gasteiger partial charge in [-0.25, -0.2) is 0 Å². The number of nitrogens with one attached hydrogen (secondary N) is 2. The van der Waals surface area contributed by atoms with Gasteiger partial charge in [0.2, 0.25) is 0 Å². The molecular weight excluding hydrogens is 168 g/mol. The smallest absolute Gasteiger partial charge is 0.0317 e. The lowest BCUT2D eigenvalue weighted by molar-refractivity contribution is 0.364. The Morgan fingerprint density at radius 2 is 2.17 bits per heavy atom. The molecule has 1 aliphatic heterocycles. The van der Waals surface area contributed by atoms with Crippen LogP contribution in [0.15, 0.2) is 0 Å². The first-order valence-corrected chi connectivity index (χ1v) is 6.26. The van der Waals surface area contributed by atoms with E-state index in [1.54, 1.807) is 0 Å². The fourth-order valence-corrected chi connectivity index (χ4v) is 1.78. The highest BCUT2D eigenvalue weighted by molar-refractivity contribution is 7.98. The zero-order valence-electron chi connectivity index (χ0n) is 7.94. The average molecular weight is 188 g/mol. The molecule has 0 amide bonds. The molecule has 0 aromatic rings. The molecule has 72 valence electrons. The molecule has 2 N–H and O–H groups in total. The molecule has 0 saturated carbocycles. The number of hydrogen-bond donors (Lipinski definition) is 2. The third-order valence-corrected chi connectivity index (χ3v) is 2.94. The Balaban J connectivity index is 1.70. The van der Waals surface area contributed by atoms with Crippen molar-refractivity contribution < 1.29 is 0 Å². The lowest BCUT2D eigenvalue weighted by Gasteiger charge is -2.28. The maximum atomic E-state index is 3.53. The number of unbranched alkanes of at least 4 members (excludes halogenated alkanes) is 2. The lowest BCUT2D eigenvalue weighted by atomic mass is 10.1. The van der Waals surface area contributed by atoms with Crippen molar-refractivity contribution in [2.45, 2.75) is 25.3 Å². The summed E-state index contributed by atoms with van der Waals surface area (Å²) in [5.74, 6) is 1.32. The number of hydrogen-bond acceptors (Lipinski definition) is 3. The summed E-state index contributed by atoms with van der Waals surface area (Å²) in [7, 11) is 0. The molecular formula is C9H20N2S. The highest BCUT2D eigenvalue weighted by Crippen LogP contribution is 2.01. The second kappa shape index (κ2) is 6.75. The van der Waals surface area contributed by atoms with E-state index in [0.29, 0.717) is 0 Å². The van der Waals surface area contributed by atoms with Crippen LogP contribution in [-0.4, -0.2) is 37.7 Å². The molecule has 0 spiro atoms. The predicted molar refractivity (Wildman–Crippen MR) is 56.9 cm³/mol. The fourth-order valence-electron chi connectivity index (χ4n) is 1.29. The molecule has 1 rings (SSSR count). The van der Waals surface area contributed by atoms with Crippen molar-refractivity contribution in [2.75, 3.05) is 31.6 Å². The van der Waals surface area contributed by atoms with Crippen LogP contribution in [0.4, 0.5) is 0 Å². The van der Waals surface area contributed by atoms with Gasteiger partial charge in [-0.1, -0.05) is 6.42 Å². The van der Waals surface area contributed by atoms with Crippen molar-refractivity contribution in [3.8, 4) is 0 Å². The van der Waals surface area contributed by atoms with Gasteiger partial charge in [0.05, 0.1) is 0 Å². The summed E-state index contributed by atoms with van der Waals surface area (Å²) < 4.78 is 0. The number of thioether (sulfide) groups is 1. The second-order valence-corrected chi connectivity index (χ2v) is 4.35. The molecule has 1 fully saturated rings. The van der Waals surface area contributed by atoms with Crippen LogP contribution < -0.4 is 10.6 Å². The van der Waals surface area contributed by atoms with Crippen LogP contribution in [0.3, 0.4) is 0 Å². The number of rotatable bonds is 7. The third-order valence-electron chi connectivity index (χ3n) is 2.24. The van der Waals surface area contributed by atoms with Gasteiger partial charge >= 0.3 is 0 Å². The van der Waals surface area contributed by atoms with Gasteiger partial charge in [0.15, 0.2) is 0 Å². The van der Waals surface area contributed by atoms with Crippen LogP contribution in [-0.2, 0) is 0 Å². The molecule has 1 heterocycles. The average Bonchev–Trinajstić information content (AvgIpc) is 2.00. The van der Waals surface area contributed by atoms with E-state index in [2.05, 4.69) is 16.9 Å². The topological polar surface area (TPSA) is 24.1 Å². The molecule has 0 bridgehead atoms. The van der Waals surface area contributed by atoms with Gasteiger partial charge in [-0.15, -0.1) is 0 Å².